The number of ether oxygens (including phenoxy) is 1. The molecule has 0 unspecified atom stereocenters. The van der Waals surface area contributed by atoms with E-state index in [0.717, 1.165) is 9.90 Å². The molecule has 1 saturated heterocycles. The first-order chi connectivity index (χ1) is 5.79. The second-order valence-corrected chi connectivity index (χ2v) is 4.20. The summed E-state index contributed by atoms with van der Waals surface area (Å²) in [6.07, 6.45) is -0.388. The van der Waals surface area contributed by atoms with Gasteiger partial charge in [-0.25, -0.2) is 0 Å². The van der Waals surface area contributed by atoms with Gasteiger partial charge in [0.05, 0.1) is 24.3 Å². The average Bonchev–Trinajstić information content (AvgIpc) is 2.59. The van der Waals surface area contributed by atoms with Gasteiger partial charge in [-0.2, -0.15) is 0 Å². The van der Waals surface area contributed by atoms with Crippen LogP contribution in [-0.2, 0) is 4.74 Å². The molecule has 1 aromatic rings. The maximum Gasteiger partial charge on any atom is 0.0872 e. The lowest BCUT2D eigenvalue weighted by atomic mass is 10.1. The molecule has 1 aromatic heterocycles. The highest BCUT2D eigenvalue weighted by Gasteiger charge is 2.29. The zero-order valence-corrected chi connectivity index (χ0v) is 7.94. The molecule has 1 aliphatic rings. The largest absolute Gasteiger partial charge is 0.390 e. The van der Waals surface area contributed by atoms with E-state index in [0.29, 0.717) is 13.2 Å². The molecule has 1 fully saturated rings. The second-order valence-electron chi connectivity index (χ2n) is 2.84. The summed E-state index contributed by atoms with van der Waals surface area (Å²) in [4.78, 5) is 1.04. The van der Waals surface area contributed by atoms with Crippen LogP contribution < -0.4 is 0 Å². The Balaban J connectivity index is 2.24. The Labute approximate surface area is 79.7 Å². The van der Waals surface area contributed by atoms with Crippen LogP contribution in [-0.4, -0.2) is 24.4 Å². The number of hydrogen-bond donors (Lipinski definition) is 1. The van der Waals surface area contributed by atoms with Crippen LogP contribution in [0.4, 0.5) is 0 Å². The van der Waals surface area contributed by atoms with Gasteiger partial charge in [-0.05, 0) is 11.4 Å². The molecular weight excluding hydrogens is 196 g/mol. The van der Waals surface area contributed by atoms with Crippen LogP contribution in [0.1, 0.15) is 10.8 Å². The molecule has 0 bridgehead atoms. The van der Waals surface area contributed by atoms with E-state index >= 15 is 0 Å². The van der Waals surface area contributed by atoms with Gasteiger partial charge in [-0.15, -0.1) is 11.3 Å². The normalized spacial score (nSPS) is 29.5. The predicted molar refractivity (Wildman–Crippen MR) is 48.9 cm³/mol. The number of thiophene rings is 1. The van der Waals surface area contributed by atoms with Crippen molar-refractivity contribution in [3.63, 3.8) is 0 Å². The van der Waals surface area contributed by atoms with E-state index in [4.69, 9.17) is 16.3 Å². The zero-order valence-electron chi connectivity index (χ0n) is 6.37. The van der Waals surface area contributed by atoms with Crippen LogP contribution in [0.25, 0.3) is 0 Å². The number of hydrogen-bond acceptors (Lipinski definition) is 3. The molecule has 0 saturated carbocycles. The summed E-state index contributed by atoms with van der Waals surface area (Å²) in [6, 6.07) is 1.85. The molecule has 2 atom stereocenters. The zero-order chi connectivity index (χ0) is 8.55. The standard InChI is InChI=1S/C8H9ClO2S/c9-6-1-2-12-8(6)5-3-11-4-7(5)10/h1-2,5,7,10H,3-4H2/t5-,7-/m1/s1. The van der Waals surface area contributed by atoms with Crippen LogP contribution in [0.5, 0.6) is 0 Å². The molecule has 1 N–H and O–H groups in total. The van der Waals surface area contributed by atoms with Crippen LogP contribution in [0.3, 0.4) is 0 Å². The molecule has 12 heavy (non-hydrogen) atoms. The van der Waals surface area contributed by atoms with Gasteiger partial charge >= 0.3 is 0 Å². The van der Waals surface area contributed by atoms with Crippen molar-refractivity contribution in [2.75, 3.05) is 13.2 Å². The summed E-state index contributed by atoms with van der Waals surface area (Å²) < 4.78 is 5.15. The van der Waals surface area contributed by atoms with E-state index in [1.165, 1.54) is 0 Å². The molecule has 2 nitrogen and oxygen atoms in total. The van der Waals surface area contributed by atoms with E-state index in [1.54, 1.807) is 11.3 Å². The minimum absolute atomic E-state index is 0.0810. The monoisotopic (exact) mass is 204 g/mol. The Morgan fingerprint density at radius 1 is 1.58 bits per heavy atom. The van der Waals surface area contributed by atoms with E-state index in [9.17, 15) is 5.11 Å². The van der Waals surface area contributed by atoms with Gasteiger partial charge in [0.1, 0.15) is 0 Å². The Kier molecular flexibility index (Phi) is 2.37. The Bertz CT molecular complexity index is 274. The van der Waals surface area contributed by atoms with Gasteiger partial charge in [0.25, 0.3) is 0 Å². The molecule has 1 aliphatic heterocycles. The van der Waals surface area contributed by atoms with Crippen molar-refractivity contribution in [2.24, 2.45) is 0 Å². The maximum absolute atomic E-state index is 9.51. The van der Waals surface area contributed by atoms with Crippen LogP contribution in [0, 0.1) is 0 Å². The minimum Gasteiger partial charge on any atom is -0.390 e. The first-order valence-corrected chi connectivity index (χ1v) is 5.03. The van der Waals surface area contributed by atoms with E-state index < -0.39 is 0 Å². The maximum atomic E-state index is 9.51. The average molecular weight is 205 g/mol. The third-order valence-electron chi connectivity index (χ3n) is 2.03. The number of rotatable bonds is 1. The van der Waals surface area contributed by atoms with Gasteiger partial charge in [0.15, 0.2) is 0 Å². The molecule has 2 rings (SSSR count). The fourth-order valence-corrected chi connectivity index (χ4v) is 2.71. The lowest BCUT2D eigenvalue weighted by Crippen LogP contribution is -2.14. The number of aliphatic hydroxyl groups is 1. The van der Waals surface area contributed by atoms with Gasteiger partial charge in [-0.3, -0.25) is 0 Å². The highest BCUT2D eigenvalue weighted by atomic mass is 35.5. The third-order valence-corrected chi connectivity index (χ3v) is 3.52. The Morgan fingerprint density at radius 3 is 2.92 bits per heavy atom. The van der Waals surface area contributed by atoms with Crippen LogP contribution in [0.15, 0.2) is 11.4 Å². The number of aliphatic hydroxyl groups excluding tert-OH is 1. The molecule has 0 aromatic carbocycles. The molecule has 0 aliphatic carbocycles. The van der Waals surface area contributed by atoms with Crippen LogP contribution in [0.2, 0.25) is 5.02 Å². The van der Waals surface area contributed by atoms with Crippen molar-refractivity contribution in [2.45, 2.75) is 12.0 Å². The molecule has 66 valence electrons. The van der Waals surface area contributed by atoms with Gasteiger partial charge in [0.2, 0.25) is 0 Å². The van der Waals surface area contributed by atoms with E-state index in [2.05, 4.69) is 0 Å². The molecule has 4 heteroatoms. The van der Waals surface area contributed by atoms with Gasteiger partial charge in [-0.1, -0.05) is 11.6 Å². The van der Waals surface area contributed by atoms with Crippen molar-refractivity contribution in [1.29, 1.82) is 0 Å². The van der Waals surface area contributed by atoms with Crippen molar-refractivity contribution < 1.29 is 9.84 Å². The summed E-state index contributed by atoms with van der Waals surface area (Å²) in [5, 5.41) is 12.2. The topological polar surface area (TPSA) is 29.5 Å². The molecule has 0 amide bonds. The highest BCUT2D eigenvalue weighted by molar-refractivity contribution is 7.10. The summed E-state index contributed by atoms with van der Waals surface area (Å²) in [5.74, 6) is 0.0810. The van der Waals surface area contributed by atoms with Crippen molar-refractivity contribution >= 4 is 22.9 Å². The minimum atomic E-state index is -0.388. The SMILES string of the molecule is O[C@@H]1COC[C@H]1c1sccc1Cl. The lowest BCUT2D eigenvalue weighted by molar-refractivity contribution is 0.125. The highest BCUT2D eigenvalue weighted by Crippen LogP contribution is 2.34. The summed E-state index contributed by atoms with van der Waals surface area (Å²) in [6.45, 7) is 1.01. The Morgan fingerprint density at radius 2 is 2.42 bits per heavy atom. The lowest BCUT2D eigenvalue weighted by Gasteiger charge is -2.09. The summed E-state index contributed by atoms with van der Waals surface area (Å²) in [5.41, 5.74) is 0. The quantitative estimate of drug-likeness (QED) is 0.757. The molecule has 0 spiro atoms. The third kappa shape index (κ3) is 1.38. The van der Waals surface area contributed by atoms with Crippen LogP contribution >= 0.6 is 22.9 Å². The van der Waals surface area contributed by atoms with Gasteiger partial charge < -0.3 is 9.84 Å². The van der Waals surface area contributed by atoms with Crippen molar-refractivity contribution in [3.05, 3.63) is 21.3 Å². The van der Waals surface area contributed by atoms with Crippen molar-refractivity contribution in [3.8, 4) is 0 Å². The fraction of sp³-hybridized carbons (Fsp3) is 0.500. The number of halogens is 1. The first kappa shape index (κ1) is 8.51. The Hall–Kier alpha value is -0.0900. The predicted octanol–water partition coefficient (Wildman–Crippen LogP) is 1.88. The second kappa shape index (κ2) is 3.34. The van der Waals surface area contributed by atoms with Gasteiger partial charge in [0, 0.05) is 10.8 Å². The first-order valence-electron chi connectivity index (χ1n) is 3.77. The van der Waals surface area contributed by atoms with E-state index in [1.807, 2.05) is 11.4 Å². The van der Waals surface area contributed by atoms with Crippen molar-refractivity contribution in [1.82, 2.24) is 0 Å². The van der Waals surface area contributed by atoms with E-state index in [-0.39, 0.29) is 12.0 Å². The molecule has 0 radical (unpaired) electrons. The fourth-order valence-electron chi connectivity index (χ4n) is 1.36. The summed E-state index contributed by atoms with van der Waals surface area (Å²) in [7, 11) is 0. The molecular formula is C8H9ClO2S. The molecule has 2 heterocycles. The smallest absolute Gasteiger partial charge is 0.0872 e. The summed E-state index contributed by atoms with van der Waals surface area (Å²) >= 11 is 7.51.